The van der Waals surface area contributed by atoms with E-state index in [9.17, 15) is 24.3 Å². The van der Waals surface area contributed by atoms with Crippen LogP contribution in [0.4, 0.5) is 21.9 Å². The van der Waals surface area contributed by atoms with Crippen LogP contribution in [-0.2, 0) is 25.5 Å². The van der Waals surface area contributed by atoms with Crippen molar-refractivity contribution >= 4 is 40.9 Å². The number of aliphatic carboxylic acids is 1. The summed E-state index contributed by atoms with van der Waals surface area (Å²) in [6.45, 7) is 4.43. The monoisotopic (exact) mass is 632 g/mol. The summed E-state index contributed by atoms with van der Waals surface area (Å²) in [5.74, 6) is -1.10. The van der Waals surface area contributed by atoms with E-state index in [0.29, 0.717) is 60.4 Å². The van der Waals surface area contributed by atoms with Gasteiger partial charge in [0.2, 0.25) is 11.8 Å². The Kier molecular flexibility index (Phi) is 11.7. The third kappa shape index (κ3) is 9.02. The fourth-order valence-corrected chi connectivity index (χ4v) is 5.01. The first kappa shape index (κ1) is 33.9. The number of rotatable bonds is 12. The standard InChI is InChI=1S/C33H40N6O7/c1-22-7-5-6-8-25(22)35-33(44)36-27-11-9-23(17-29(27)45-4)18-30(40)37(2)24-10-12-26(34-20-24)28(19-32(42)43)38(3)31(41)21-39-13-15-46-16-14-39/h5-12,17,20,28H,13-16,18-19,21H2,1-4H3,(H,42,43)(H2,35,36,44). The Morgan fingerprint density at radius 2 is 1.72 bits per heavy atom. The number of nitrogens with zero attached hydrogens (tertiary/aromatic N) is 4. The van der Waals surface area contributed by atoms with E-state index in [2.05, 4.69) is 15.6 Å². The number of pyridine rings is 1. The van der Waals surface area contributed by atoms with Gasteiger partial charge in [0.15, 0.2) is 0 Å². The largest absolute Gasteiger partial charge is 0.495 e. The number of nitrogens with one attached hydrogen (secondary N) is 2. The van der Waals surface area contributed by atoms with Gasteiger partial charge in [-0.1, -0.05) is 24.3 Å². The lowest BCUT2D eigenvalue weighted by molar-refractivity contribution is -0.141. The molecule has 0 aliphatic carbocycles. The predicted octanol–water partition coefficient (Wildman–Crippen LogP) is 3.55. The van der Waals surface area contributed by atoms with Gasteiger partial charge in [-0.05, 0) is 48.4 Å². The van der Waals surface area contributed by atoms with Crippen molar-refractivity contribution in [1.82, 2.24) is 14.8 Å². The van der Waals surface area contributed by atoms with Crippen LogP contribution in [0.15, 0.2) is 60.8 Å². The smallest absolute Gasteiger partial charge is 0.323 e. The summed E-state index contributed by atoms with van der Waals surface area (Å²) in [6.07, 6.45) is 1.22. The minimum Gasteiger partial charge on any atom is -0.495 e. The van der Waals surface area contributed by atoms with Crippen molar-refractivity contribution in [2.75, 3.05) is 69.6 Å². The molecule has 2 aromatic carbocycles. The molecule has 13 heteroatoms. The number of anilines is 3. The lowest BCUT2D eigenvalue weighted by Gasteiger charge is -2.31. The summed E-state index contributed by atoms with van der Waals surface area (Å²) in [4.78, 5) is 59.7. The third-order valence-corrected chi connectivity index (χ3v) is 7.83. The second-order valence-electron chi connectivity index (χ2n) is 11.0. The number of carbonyl (C=O) groups excluding carboxylic acids is 3. The number of para-hydroxylation sites is 1. The maximum absolute atomic E-state index is 13.2. The average molecular weight is 633 g/mol. The molecule has 3 aromatic rings. The number of aromatic nitrogens is 1. The Morgan fingerprint density at radius 1 is 1.00 bits per heavy atom. The first-order valence-electron chi connectivity index (χ1n) is 14.9. The fraction of sp³-hybridized carbons (Fsp3) is 0.364. The number of morpholine rings is 1. The van der Waals surface area contributed by atoms with Crippen molar-refractivity contribution in [3.05, 3.63) is 77.6 Å². The minimum absolute atomic E-state index is 0.0463. The lowest BCUT2D eigenvalue weighted by atomic mass is 10.1. The van der Waals surface area contributed by atoms with E-state index in [0.717, 1.165) is 5.56 Å². The molecule has 244 valence electrons. The Balaban J connectivity index is 1.39. The number of likely N-dealkylation sites (N-methyl/N-ethyl adjacent to an activating group) is 2. The predicted molar refractivity (Wildman–Crippen MR) is 173 cm³/mol. The van der Waals surface area contributed by atoms with Gasteiger partial charge >= 0.3 is 12.0 Å². The van der Waals surface area contributed by atoms with E-state index >= 15 is 0 Å². The number of hydrogen-bond acceptors (Lipinski definition) is 8. The number of carboxylic acid groups (broad SMARTS) is 1. The molecule has 0 bridgehead atoms. The summed E-state index contributed by atoms with van der Waals surface area (Å²) < 4.78 is 10.8. The van der Waals surface area contributed by atoms with E-state index in [1.807, 2.05) is 36.1 Å². The van der Waals surface area contributed by atoms with Gasteiger partial charge in [-0.15, -0.1) is 0 Å². The molecule has 1 aliphatic rings. The average Bonchev–Trinajstić information content (AvgIpc) is 3.05. The third-order valence-electron chi connectivity index (χ3n) is 7.83. The van der Waals surface area contributed by atoms with Crippen molar-refractivity contribution in [3.63, 3.8) is 0 Å². The molecule has 0 spiro atoms. The summed E-state index contributed by atoms with van der Waals surface area (Å²) in [7, 11) is 4.68. The van der Waals surface area contributed by atoms with Crippen LogP contribution >= 0.6 is 0 Å². The van der Waals surface area contributed by atoms with Crippen molar-refractivity contribution in [2.45, 2.75) is 25.8 Å². The fourth-order valence-electron chi connectivity index (χ4n) is 5.01. The SMILES string of the molecule is COc1cc(CC(=O)N(C)c2ccc(C(CC(=O)O)N(C)C(=O)CN3CCOCC3)nc2)ccc1NC(=O)Nc1ccccc1C. The molecule has 1 aliphatic heterocycles. The number of carboxylic acids is 1. The van der Waals surface area contributed by atoms with E-state index in [1.165, 1.54) is 23.1 Å². The highest BCUT2D eigenvalue weighted by atomic mass is 16.5. The molecule has 13 nitrogen and oxygen atoms in total. The first-order chi connectivity index (χ1) is 22.0. The molecule has 4 amide bonds. The number of aryl methyl sites for hydroxylation is 1. The van der Waals surface area contributed by atoms with Crippen molar-refractivity contribution in [2.24, 2.45) is 0 Å². The molecule has 1 atom stereocenters. The molecule has 1 saturated heterocycles. The van der Waals surface area contributed by atoms with Gasteiger partial charge < -0.3 is 35.0 Å². The van der Waals surface area contributed by atoms with Crippen LogP contribution in [0.1, 0.15) is 29.3 Å². The molecule has 0 saturated carbocycles. The van der Waals surface area contributed by atoms with Gasteiger partial charge in [-0.2, -0.15) is 0 Å². The second-order valence-corrected chi connectivity index (χ2v) is 11.0. The van der Waals surface area contributed by atoms with Crippen molar-refractivity contribution in [3.8, 4) is 5.75 Å². The summed E-state index contributed by atoms with van der Waals surface area (Å²) in [5.41, 5.74) is 3.64. The molecule has 0 radical (unpaired) electrons. The number of hydrogen-bond donors (Lipinski definition) is 3. The number of methoxy groups -OCH3 is 1. The zero-order chi connectivity index (χ0) is 33.2. The van der Waals surface area contributed by atoms with Gasteiger partial charge in [-0.25, -0.2) is 4.79 Å². The minimum atomic E-state index is -1.06. The van der Waals surface area contributed by atoms with E-state index in [4.69, 9.17) is 9.47 Å². The van der Waals surface area contributed by atoms with Crippen molar-refractivity contribution < 1.29 is 33.8 Å². The number of carbonyl (C=O) groups is 4. The lowest BCUT2D eigenvalue weighted by Crippen LogP contribution is -2.45. The topological polar surface area (TPSA) is 154 Å². The van der Waals surface area contributed by atoms with E-state index < -0.39 is 18.0 Å². The summed E-state index contributed by atoms with van der Waals surface area (Å²) in [5, 5.41) is 15.1. The quantitative estimate of drug-likeness (QED) is 0.272. The Morgan fingerprint density at radius 3 is 2.37 bits per heavy atom. The molecule has 4 rings (SSSR count). The van der Waals surface area contributed by atoms with Gasteiger partial charge in [0, 0.05) is 32.9 Å². The summed E-state index contributed by atoms with van der Waals surface area (Å²) >= 11 is 0. The van der Waals surface area contributed by atoms with Crippen LogP contribution in [0, 0.1) is 6.92 Å². The Labute approximate surface area is 268 Å². The molecule has 2 heterocycles. The number of ether oxygens (including phenoxy) is 2. The normalized spacial score (nSPS) is 13.7. The molecular weight excluding hydrogens is 592 g/mol. The zero-order valence-electron chi connectivity index (χ0n) is 26.5. The molecule has 46 heavy (non-hydrogen) atoms. The number of benzene rings is 2. The van der Waals surface area contributed by atoms with Crippen LogP contribution in [0.3, 0.4) is 0 Å². The first-order valence-corrected chi connectivity index (χ1v) is 14.9. The van der Waals surface area contributed by atoms with Crippen LogP contribution in [0.5, 0.6) is 5.75 Å². The highest BCUT2D eigenvalue weighted by Crippen LogP contribution is 2.28. The number of urea groups is 1. The van der Waals surface area contributed by atoms with Crippen LogP contribution in [0.2, 0.25) is 0 Å². The van der Waals surface area contributed by atoms with E-state index in [-0.39, 0.29) is 31.2 Å². The maximum Gasteiger partial charge on any atom is 0.323 e. The van der Waals surface area contributed by atoms with Gasteiger partial charge in [0.25, 0.3) is 0 Å². The Hall–Kier alpha value is -5.01. The zero-order valence-corrected chi connectivity index (χ0v) is 26.5. The van der Waals surface area contributed by atoms with Crippen LogP contribution in [0.25, 0.3) is 0 Å². The number of amides is 4. The molecule has 1 aromatic heterocycles. The summed E-state index contributed by atoms with van der Waals surface area (Å²) in [6, 6.07) is 14.6. The van der Waals surface area contributed by atoms with Crippen LogP contribution in [-0.4, -0.2) is 97.8 Å². The highest BCUT2D eigenvalue weighted by Gasteiger charge is 2.27. The maximum atomic E-state index is 13.2. The van der Waals surface area contributed by atoms with Crippen LogP contribution < -0.4 is 20.3 Å². The van der Waals surface area contributed by atoms with Gasteiger partial charge in [-0.3, -0.25) is 24.3 Å². The van der Waals surface area contributed by atoms with E-state index in [1.54, 1.807) is 44.4 Å². The molecule has 3 N–H and O–H groups in total. The Bertz CT molecular complexity index is 1540. The molecule has 1 unspecified atom stereocenters. The van der Waals surface area contributed by atoms with Gasteiger partial charge in [0.05, 0.1) is 69.0 Å². The second kappa shape index (κ2) is 15.8. The van der Waals surface area contributed by atoms with Crippen molar-refractivity contribution in [1.29, 1.82) is 0 Å². The molecular formula is C33H40N6O7. The molecule has 1 fully saturated rings. The highest BCUT2D eigenvalue weighted by molar-refractivity contribution is 6.01. The van der Waals surface area contributed by atoms with Gasteiger partial charge in [0.1, 0.15) is 5.75 Å².